The standard InChI is InChI=1S/C34H15N5/c1-19-31-27-11-10-22(21-8-6-20(14-35)7-9-21)12-28(27)33(23(15-36)16-37)30(31)13-29-25-4-2-3-5-26(25)34(32(19)29)24(17-38)18-39/h2-13H,1H3. The molecule has 6 rings (SSSR count). The van der Waals surface area contributed by atoms with Gasteiger partial charge in [-0.1, -0.05) is 48.5 Å². The van der Waals surface area contributed by atoms with Crippen LogP contribution in [0.15, 0.2) is 83.9 Å². The number of hydrogen-bond acceptors (Lipinski definition) is 5. The molecular formula is C34H15N5. The van der Waals surface area contributed by atoms with Gasteiger partial charge in [0.1, 0.15) is 35.4 Å². The lowest BCUT2D eigenvalue weighted by Crippen LogP contribution is -1.95. The third-order valence-corrected chi connectivity index (χ3v) is 7.44. The van der Waals surface area contributed by atoms with E-state index in [1.165, 1.54) is 0 Å². The van der Waals surface area contributed by atoms with Crippen LogP contribution in [-0.2, 0) is 0 Å². The van der Waals surface area contributed by atoms with E-state index in [0.29, 0.717) is 16.7 Å². The summed E-state index contributed by atoms with van der Waals surface area (Å²) in [6.07, 6.45) is 0. The Kier molecular flexibility index (Phi) is 5.20. The number of fused-ring (bicyclic) bond motifs is 6. The number of nitriles is 5. The molecule has 0 saturated heterocycles. The van der Waals surface area contributed by atoms with Gasteiger partial charge >= 0.3 is 0 Å². The highest BCUT2D eigenvalue weighted by Crippen LogP contribution is 2.55. The molecule has 0 bridgehead atoms. The molecule has 0 heterocycles. The number of allylic oxidation sites excluding steroid dienone is 2. The lowest BCUT2D eigenvalue weighted by molar-refractivity contribution is 1.42. The zero-order valence-electron chi connectivity index (χ0n) is 20.7. The number of nitrogens with zero attached hydrogens (tertiary/aromatic N) is 5. The monoisotopic (exact) mass is 493 g/mol. The van der Waals surface area contributed by atoms with Gasteiger partial charge < -0.3 is 0 Å². The Morgan fingerprint density at radius 2 is 1.13 bits per heavy atom. The van der Waals surface area contributed by atoms with Crippen molar-refractivity contribution in [3.05, 3.63) is 117 Å². The van der Waals surface area contributed by atoms with Crippen LogP contribution in [0.2, 0.25) is 0 Å². The molecule has 0 atom stereocenters. The second-order valence-electron chi connectivity index (χ2n) is 9.29. The van der Waals surface area contributed by atoms with Gasteiger partial charge in [0.25, 0.3) is 0 Å². The van der Waals surface area contributed by atoms with Crippen LogP contribution in [0.1, 0.15) is 33.4 Å². The van der Waals surface area contributed by atoms with Crippen molar-refractivity contribution in [1.29, 1.82) is 26.3 Å². The lowest BCUT2D eigenvalue weighted by atomic mass is 9.88. The van der Waals surface area contributed by atoms with Crippen molar-refractivity contribution in [1.82, 2.24) is 0 Å². The molecule has 0 unspecified atom stereocenters. The quantitative estimate of drug-likeness (QED) is 0.224. The SMILES string of the molecule is Cc1c2c(cc3c1-c1ccc(-c4ccc(C#N)cc4)cc1C3=C(C#N)C#N)-c1ccccc1C2=C(C#N)C#N. The van der Waals surface area contributed by atoms with Crippen molar-refractivity contribution >= 4 is 11.1 Å². The van der Waals surface area contributed by atoms with Crippen molar-refractivity contribution in [3.8, 4) is 63.7 Å². The molecule has 0 N–H and O–H groups in total. The van der Waals surface area contributed by atoms with Gasteiger partial charge in [-0.05, 0) is 92.4 Å². The van der Waals surface area contributed by atoms with Crippen molar-refractivity contribution < 1.29 is 0 Å². The van der Waals surface area contributed by atoms with E-state index in [1.54, 1.807) is 12.1 Å². The van der Waals surface area contributed by atoms with Gasteiger partial charge in [-0.2, -0.15) is 26.3 Å². The minimum Gasteiger partial charge on any atom is -0.192 e. The minimum atomic E-state index is 0.0168. The summed E-state index contributed by atoms with van der Waals surface area (Å²) in [4.78, 5) is 0. The van der Waals surface area contributed by atoms with Gasteiger partial charge in [-0.3, -0.25) is 0 Å². The highest BCUT2D eigenvalue weighted by atomic mass is 14.4. The molecule has 176 valence electrons. The fourth-order valence-corrected chi connectivity index (χ4v) is 5.80. The first-order valence-electron chi connectivity index (χ1n) is 12.1. The van der Waals surface area contributed by atoms with Crippen molar-refractivity contribution in [3.63, 3.8) is 0 Å². The largest absolute Gasteiger partial charge is 0.192 e. The van der Waals surface area contributed by atoms with Crippen LogP contribution in [0.5, 0.6) is 0 Å². The predicted molar refractivity (Wildman–Crippen MR) is 147 cm³/mol. The molecule has 4 aromatic rings. The van der Waals surface area contributed by atoms with Crippen LogP contribution in [0.3, 0.4) is 0 Å². The van der Waals surface area contributed by atoms with Gasteiger partial charge in [0.05, 0.1) is 11.6 Å². The first kappa shape index (κ1) is 23.2. The van der Waals surface area contributed by atoms with Crippen LogP contribution in [-0.4, -0.2) is 0 Å². The summed E-state index contributed by atoms with van der Waals surface area (Å²) in [6, 6.07) is 33.3. The molecule has 39 heavy (non-hydrogen) atoms. The van der Waals surface area contributed by atoms with Crippen LogP contribution in [0.4, 0.5) is 0 Å². The van der Waals surface area contributed by atoms with Crippen molar-refractivity contribution in [2.45, 2.75) is 6.92 Å². The topological polar surface area (TPSA) is 119 Å². The maximum Gasteiger partial charge on any atom is 0.138 e. The summed E-state index contributed by atoms with van der Waals surface area (Å²) in [5.74, 6) is 0. The molecule has 0 spiro atoms. The molecule has 0 amide bonds. The fourth-order valence-electron chi connectivity index (χ4n) is 5.80. The average molecular weight is 494 g/mol. The lowest BCUT2D eigenvalue weighted by Gasteiger charge is -2.14. The first-order chi connectivity index (χ1) is 19.1. The Hall–Kier alpha value is -6.19. The number of hydrogen-bond donors (Lipinski definition) is 0. The van der Waals surface area contributed by atoms with E-state index in [-0.39, 0.29) is 11.1 Å². The maximum absolute atomic E-state index is 9.94. The van der Waals surface area contributed by atoms with Crippen LogP contribution >= 0.6 is 0 Å². The summed E-state index contributed by atoms with van der Waals surface area (Å²) in [7, 11) is 0. The first-order valence-corrected chi connectivity index (χ1v) is 12.1. The molecule has 2 aliphatic rings. The van der Waals surface area contributed by atoms with Crippen LogP contribution in [0.25, 0.3) is 44.5 Å². The smallest absolute Gasteiger partial charge is 0.138 e. The Bertz CT molecular complexity index is 2020. The highest BCUT2D eigenvalue weighted by molar-refractivity contribution is 6.12. The molecular weight excluding hydrogens is 478 g/mol. The van der Waals surface area contributed by atoms with E-state index in [0.717, 1.165) is 61.2 Å². The minimum absolute atomic E-state index is 0.0168. The van der Waals surface area contributed by atoms with Crippen molar-refractivity contribution in [2.75, 3.05) is 0 Å². The third kappa shape index (κ3) is 3.21. The zero-order chi connectivity index (χ0) is 27.3. The molecule has 2 aliphatic carbocycles. The summed E-state index contributed by atoms with van der Waals surface area (Å²) < 4.78 is 0. The molecule has 0 aliphatic heterocycles. The van der Waals surface area contributed by atoms with E-state index in [9.17, 15) is 21.0 Å². The molecule has 0 aromatic heterocycles. The van der Waals surface area contributed by atoms with E-state index < -0.39 is 0 Å². The normalized spacial score (nSPS) is 11.5. The number of rotatable bonds is 1. The maximum atomic E-state index is 9.94. The molecule has 5 nitrogen and oxygen atoms in total. The predicted octanol–water partition coefficient (Wildman–Crippen LogP) is 7.19. The average Bonchev–Trinajstić information content (AvgIpc) is 3.48. The highest BCUT2D eigenvalue weighted by Gasteiger charge is 2.35. The molecule has 0 fully saturated rings. The second kappa shape index (κ2) is 8.73. The number of benzene rings is 4. The second-order valence-corrected chi connectivity index (χ2v) is 9.29. The van der Waals surface area contributed by atoms with Gasteiger partial charge in [-0.15, -0.1) is 0 Å². The zero-order valence-corrected chi connectivity index (χ0v) is 20.7. The summed E-state index contributed by atoms with van der Waals surface area (Å²) in [5, 5.41) is 48.6. The summed E-state index contributed by atoms with van der Waals surface area (Å²) in [6.45, 7) is 1.97. The van der Waals surface area contributed by atoms with E-state index in [1.807, 2.05) is 67.6 Å². The van der Waals surface area contributed by atoms with Gasteiger partial charge in [0.2, 0.25) is 0 Å². The summed E-state index contributed by atoms with van der Waals surface area (Å²) >= 11 is 0. The molecule has 4 aromatic carbocycles. The molecule has 0 saturated carbocycles. The van der Waals surface area contributed by atoms with Gasteiger partial charge in [-0.25, -0.2) is 0 Å². The Morgan fingerprint density at radius 1 is 0.513 bits per heavy atom. The van der Waals surface area contributed by atoms with E-state index in [2.05, 4.69) is 30.3 Å². The Labute approximate surface area is 225 Å². The van der Waals surface area contributed by atoms with E-state index in [4.69, 9.17) is 5.26 Å². The van der Waals surface area contributed by atoms with Gasteiger partial charge in [0, 0.05) is 11.1 Å². The van der Waals surface area contributed by atoms with Crippen LogP contribution < -0.4 is 0 Å². The van der Waals surface area contributed by atoms with E-state index >= 15 is 0 Å². The van der Waals surface area contributed by atoms with Crippen LogP contribution in [0, 0.1) is 63.6 Å². The Balaban J connectivity index is 1.69. The Morgan fingerprint density at radius 3 is 1.77 bits per heavy atom. The third-order valence-electron chi connectivity index (χ3n) is 7.44. The molecule has 0 radical (unpaired) electrons. The van der Waals surface area contributed by atoms with Gasteiger partial charge in [0.15, 0.2) is 0 Å². The summed E-state index contributed by atoms with van der Waals surface area (Å²) in [5.41, 5.74) is 11.2. The van der Waals surface area contributed by atoms with Crippen molar-refractivity contribution in [2.24, 2.45) is 0 Å². The fraction of sp³-hybridized carbons (Fsp3) is 0.0294. The molecule has 5 heteroatoms.